The zero-order valence-corrected chi connectivity index (χ0v) is 17.5. The van der Waals surface area contributed by atoms with Gasteiger partial charge >= 0.3 is 11.4 Å². The van der Waals surface area contributed by atoms with Crippen molar-refractivity contribution in [2.24, 2.45) is 5.92 Å². The van der Waals surface area contributed by atoms with Crippen LogP contribution in [-0.4, -0.2) is 47.2 Å². The number of para-hydroxylation sites is 2. The zero-order valence-electron chi connectivity index (χ0n) is 17.5. The van der Waals surface area contributed by atoms with Crippen molar-refractivity contribution in [3.8, 4) is 5.75 Å². The fraction of sp³-hybridized carbons (Fsp3) is 0.421. The van der Waals surface area contributed by atoms with Crippen LogP contribution in [0.15, 0.2) is 33.9 Å². The van der Waals surface area contributed by atoms with Crippen LogP contribution in [0, 0.1) is 16.0 Å². The molecule has 0 atom stereocenters. The van der Waals surface area contributed by atoms with Crippen molar-refractivity contribution >= 4 is 23.1 Å². The van der Waals surface area contributed by atoms with Crippen molar-refractivity contribution in [2.45, 2.75) is 20.4 Å². The number of nitro groups is 1. The molecule has 31 heavy (non-hydrogen) atoms. The third-order valence-electron chi connectivity index (χ3n) is 4.26. The summed E-state index contributed by atoms with van der Waals surface area (Å²) >= 11 is 0. The monoisotopic (exact) mass is 435 g/mol. The van der Waals surface area contributed by atoms with Gasteiger partial charge in [-0.05, 0) is 12.0 Å². The van der Waals surface area contributed by atoms with Crippen molar-refractivity contribution in [1.29, 1.82) is 0 Å². The molecule has 0 aliphatic heterocycles. The smallest absolute Gasteiger partial charge is 0.330 e. The summed E-state index contributed by atoms with van der Waals surface area (Å²) in [5.74, 6) is -0.914. The van der Waals surface area contributed by atoms with Crippen molar-refractivity contribution in [1.82, 2.24) is 9.55 Å². The molecule has 2 aromatic rings. The van der Waals surface area contributed by atoms with E-state index in [1.54, 1.807) is 0 Å². The first-order chi connectivity index (χ1) is 14.7. The SMILES string of the molecule is COCCN(C(=O)COc1ccccc1[N+](=O)[O-])c1c(N)n(CC(C)C)c(=O)[nH]c1=O. The molecule has 0 saturated carbocycles. The van der Waals surface area contributed by atoms with Gasteiger partial charge in [0, 0.05) is 26.3 Å². The van der Waals surface area contributed by atoms with Gasteiger partial charge in [-0.2, -0.15) is 0 Å². The molecule has 0 unspecified atom stereocenters. The second-order valence-electron chi connectivity index (χ2n) is 7.05. The van der Waals surface area contributed by atoms with E-state index in [1.165, 1.54) is 35.9 Å². The molecule has 0 fully saturated rings. The van der Waals surface area contributed by atoms with E-state index in [9.17, 15) is 24.5 Å². The molecule has 168 valence electrons. The second kappa shape index (κ2) is 10.4. The molecule has 0 spiro atoms. The van der Waals surface area contributed by atoms with Gasteiger partial charge in [0.2, 0.25) is 0 Å². The molecule has 2 rings (SSSR count). The number of nitrogens with one attached hydrogen (secondary N) is 1. The number of nitro benzene ring substituents is 1. The maximum atomic E-state index is 12.9. The summed E-state index contributed by atoms with van der Waals surface area (Å²) in [5.41, 5.74) is 4.05. The minimum Gasteiger partial charge on any atom is -0.477 e. The minimum atomic E-state index is -0.836. The van der Waals surface area contributed by atoms with Gasteiger partial charge in [-0.15, -0.1) is 0 Å². The Morgan fingerprint density at radius 1 is 1.32 bits per heavy atom. The first-order valence-corrected chi connectivity index (χ1v) is 9.45. The molecule has 1 amide bonds. The van der Waals surface area contributed by atoms with E-state index in [1.807, 2.05) is 13.8 Å². The summed E-state index contributed by atoms with van der Waals surface area (Å²) in [4.78, 5) is 51.3. The van der Waals surface area contributed by atoms with E-state index in [-0.39, 0.29) is 48.6 Å². The van der Waals surface area contributed by atoms with Gasteiger partial charge in [0.25, 0.3) is 11.5 Å². The van der Waals surface area contributed by atoms with Crippen molar-refractivity contribution in [2.75, 3.05) is 37.5 Å². The molecule has 0 aliphatic rings. The van der Waals surface area contributed by atoms with E-state index in [4.69, 9.17) is 15.2 Å². The normalized spacial score (nSPS) is 10.8. The summed E-state index contributed by atoms with van der Waals surface area (Å²) < 4.78 is 11.5. The second-order valence-corrected chi connectivity index (χ2v) is 7.05. The molecular weight excluding hydrogens is 410 g/mol. The highest BCUT2D eigenvalue weighted by Gasteiger charge is 2.25. The predicted molar refractivity (Wildman–Crippen MR) is 113 cm³/mol. The summed E-state index contributed by atoms with van der Waals surface area (Å²) in [6.07, 6.45) is 0. The highest BCUT2D eigenvalue weighted by atomic mass is 16.6. The lowest BCUT2D eigenvalue weighted by molar-refractivity contribution is -0.385. The van der Waals surface area contributed by atoms with Gasteiger partial charge in [0.05, 0.1) is 11.5 Å². The highest BCUT2D eigenvalue weighted by Crippen LogP contribution is 2.26. The van der Waals surface area contributed by atoms with Crippen LogP contribution >= 0.6 is 0 Å². The number of hydrogen-bond donors (Lipinski definition) is 2. The Labute approximate surface area is 177 Å². The van der Waals surface area contributed by atoms with Gasteiger partial charge < -0.3 is 15.2 Å². The largest absolute Gasteiger partial charge is 0.477 e. The molecule has 1 aromatic carbocycles. The molecule has 3 N–H and O–H groups in total. The van der Waals surface area contributed by atoms with Crippen LogP contribution in [0.25, 0.3) is 0 Å². The van der Waals surface area contributed by atoms with Crippen LogP contribution in [0.5, 0.6) is 5.75 Å². The molecule has 0 saturated heterocycles. The number of amides is 1. The average Bonchev–Trinajstić information content (AvgIpc) is 2.71. The Morgan fingerprint density at radius 2 is 2.00 bits per heavy atom. The third kappa shape index (κ3) is 5.69. The number of carbonyl (C=O) groups excluding carboxylic acids is 1. The number of methoxy groups -OCH3 is 1. The van der Waals surface area contributed by atoms with E-state index in [2.05, 4.69) is 4.98 Å². The summed E-state index contributed by atoms with van der Waals surface area (Å²) in [5, 5.41) is 11.1. The molecule has 1 heterocycles. The van der Waals surface area contributed by atoms with E-state index >= 15 is 0 Å². The molecule has 12 heteroatoms. The summed E-state index contributed by atoms with van der Waals surface area (Å²) in [6, 6.07) is 5.60. The van der Waals surface area contributed by atoms with Crippen LogP contribution < -0.4 is 26.6 Å². The van der Waals surface area contributed by atoms with Crippen molar-refractivity contribution < 1.29 is 19.2 Å². The third-order valence-corrected chi connectivity index (χ3v) is 4.26. The topological polar surface area (TPSA) is 163 Å². The highest BCUT2D eigenvalue weighted by molar-refractivity contribution is 5.96. The van der Waals surface area contributed by atoms with Gasteiger partial charge in [-0.25, -0.2) is 4.79 Å². The molecule has 12 nitrogen and oxygen atoms in total. The number of hydrogen-bond acceptors (Lipinski definition) is 8. The number of benzene rings is 1. The average molecular weight is 435 g/mol. The van der Waals surface area contributed by atoms with Crippen LogP contribution in [0.4, 0.5) is 17.2 Å². The van der Waals surface area contributed by atoms with Crippen molar-refractivity contribution in [3.63, 3.8) is 0 Å². The minimum absolute atomic E-state index is 0.0452. The number of rotatable bonds is 10. The van der Waals surface area contributed by atoms with Crippen molar-refractivity contribution in [3.05, 3.63) is 55.2 Å². The number of anilines is 2. The number of nitrogens with two attached hydrogens (primary N) is 1. The Hall–Kier alpha value is -3.67. The Morgan fingerprint density at radius 3 is 2.61 bits per heavy atom. The van der Waals surface area contributed by atoms with Gasteiger partial charge in [-0.1, -0.05) is 26.0 Å². The van der Waals surface area contributed by atoms with E-state index in [0.29, 0.717) is 0 Å². The number of carbonyl (C=O) groups is 1. The van der Waals surface area contributed by atoms with Crippen LogP contribution in [0.3, 0.4) is 0 Å². The summed E-state index contributed by atoms with van der Waals surface area (Å²) in [7, 11) is 1.42. The lowest BCUT2D eigenvalue weighted by Crippen LogP contribution is -2.44. The number of nitrogen functional groups attached to an aromatic ring is 1. The van der Waals surface area contributed by atoms with Crippen LogP contribution in [0.1, 0.15) is 13.8 Å². The lowest BCUT2D eigenvalue weighted by atomic mass is 10.2. The van der Waals surface area contributed by atoms with Crippen LogP contribution in [-0.2, 0) is 16.1 Å². The lowest BCUT2D eigenvalue weighted by Gasteiger charge is -2.24. The van der Waals surface area contributed by atoms with E-state index in [0.717, 1.165) is 4.90 Å². The van der Waals surface area contributed by atoms with Gasteiger partial charge in [0.1, 0.15) is 5.82 Å². The standard InChI is InChI=1S/C19H25N5O7/c1-12(2)10-23-17(20)16(18(26)21-19(23)27)22(8-9-30-3)15(25)11-31-14-7-5-4-6-13(14)24(28)29/h4-7,12H,8-11,20H2,1-3H3,(H,21,26,27). The quantitative estimate of drug-likeness (QED) is 0.408. The fourth-order valence-electron chi connectivity index (χ4n) is 2.88. The van der Waals surface area contributed by atoms with Gasteiger partial charge in [0.15, 0.2) is 18.0 Å². The zero-order chi connectivity index (χ0) is 23.1. The molecule has 0 radical (unpaired) electrons. The molecule has 0 bridgehead atoms. The molecular formula is C19H25N5O7. The molecule has 1 aromatic heterocycles. The first-order valence-electron chi connectivity index (χ1n) is 9.45. The number of aromatic nitrogens is 2. The van der Waals surface area contributed by atoms with Gasteiger partial charge in [-0.3, -0.25) is 34.2 Å². The number of H-pyrrole nitrogens is 1. The molecule has 0 aliphatic carbocycles. The van der Waals surface area contributed by atoms with E-state index < -0.39 is 28.7 Å². The Balaban J connectivity index is 2.40. The first kappa shape index (κ1) is 23.6. The Kier molecular flexibility index (Phi) is 7.91. The maximum absolute atomic E-state index is 12.9. The summed E-state index contributed by atoms with van der Waals surface area (Å²) in [6.45, 7) is 3.38. The Bertz CT molecular complexity index is 1060. The number of nitrogens with zero attached hydrogens (tertiary/aromatic N) is 3. The predicted octanol–water partition coefficient (Wildman–Crippen LogP) is 0.741. The number of aromatic amines is 1. The van der Waals surface area contributed by atoms with Crippen LogP contribution in [0.2, 0.25) is 0 Å². The number of ether oxygens (including phenoxy) is 2. The maximum Gasteiger partial charge on any atom is 0.330 e. The fourth-order valence-corrected chi connectivity index (χ4v) is 2.88.